The summed E-state index contributed by atoms with van der Waals surface area (Å²) in [7, 11) is 0. The van der Waals surface area contributed by atoms with Crippen molar-refractivity contribution in [1.82, 2.24) is 14.6 Å². The number of aryl methyl sites for hydroxylation is 1. The number of aromatic nitrogens is 3. The van der Waals surface area contributed by atoms with Crippen molar-refractivity contribution in [3.05, 3.63) is 24.2 Å². The number of hydrogen-bond donors (Lipinski definition) is 1. The molecular weight excluding hydrogens is 240 g/mol. The molecular formula is C14H18N4O. The monoisotopic (exact) mass is 258 g/mol. The Hall–Kier alpha value is -1.62. The Morgan fingerprint density at radius 3 is 3.11 bits per heavy atom. The van der Waals surface area contributed by atoms with E-state index in [1.165, 1.54) is 12.8 Å². The molecule has 0 bridgehead atoms. The van der Waals surface area contributed by atoms with Crippen molar-refractivity contribution in [2.45, 2.75) is 38.3 Å². The van der Waals surface area contributed by atoms with Gasteiger partial charge in [-0.2, -0.15) is 5.10 Å². The molecule has 1 N–H and O–H groups in total. The highest BCUT2D eigenvalue weighted by atomic mass is 16.5. The highest BCUT2D eigenvalue weighted by molar-refractivity contribution is 5.68. The smallest absolute Gasteiger partial charge is 0.152 e. The topological polar surface area (TPSA) is 51.5 Å². The maximum absolute atomic E-state index is 5.87. The summed E-state index contributed by atoms with van der Waals surface area (Å²) in [5.41, 5.74) is 2.05. The Kier molecular flexibility index (Phi) is 2.48. The molecule has 0 radical (unpaired) electrons. The van der Waals surface area contributed by atoms with E-state index in [9.17, 15) is 0 Å². The maximum Gasteiger partial charge on any atom is 0.152 e. The van der Waals surface area contributed by atoms with E-state index in [0.717, 1.165) is 36.0 Å². The van der Waals surface area contributed by atoms with E-state index < -0.39 is 0 Å². The van der Waals surface area contributed by atoms with Gasteiger partial charge in [0.05, 0.1) is 17.8 Å². The Morgan fingerprint density at radius 1 is 1.37 bits per heavy atom. The second-order valence-electron chi connectivity index (χ2n) is 5.60. The predicted octanol–water partition coefficient (Wildman–Crippen LogP) is 2.02. The van der Waals surface area contributed by atoms with Crippen LogP contribution in [0.4, 0.5) is 5.82 Å². The lowest BCUT2D eigenvalue weighted by molar-refractivity contribution is 0.0898. The van der Waals surface area contributed by atoms with E-state index in [1.807, 2.05) is 17.6 Å². The molecule has 2 fully saturated rings. The van der Waals surface area contributed by atoms with E-state index >= 15 is 0 Å². The molecule has 5 heteroatoms. The Bertz CT molecular complexity index is 605. The molecule has 2 aromatic rings. The molecule has 1 saturated carbocycles. The van der Waals surface area contributed by atoms with Gasteiger partial charge in [0, 0.05) is 19.0 Å². The van der Waals surface area contributed by atoms with Gasteiger partial charge < -0.3 is 10.1 Å². The summed E-state index contributed by atoms with van der Waals surface area (Å²) < 4.78 is 7.75. The van der Waals surface area contributed by atoms with Crippen LogP contribution >= 0.6 is 0 Å². The number of anilines is 1. The van der Waals surface area contributed by atoms with Crippen LogP contribution in [0.3, 0.4) is 0 Å². The van der Waals surface area contributed by atoms with Crippen LogP contribution in [0.1, 0.15) is 25.0 Å². The highest BCUT2D eigenvalue weighted by Gasteiger charge is 2.40. The highest BCUT2D eigenvalue weighted by Crippen LogP contribution is 2.39. The molecule has 100 valence electrons. The van der Waals surface area contributed by atoms with Gasteiger partial charge in [0.25, 0.3) is 0 Å². The van der Waals surface area contributed by atoms with Crippen molar-refractivity contribution in [2.75, 3.05) is 11.9 Å². The van der Waals surface area contributed by atoms with Crippen molar-refractivity contribution < 1.29 is 4.74 Å². The summed E-state index contributed by atoms with van der Waals surface area (Å²) in [6.07, 6.45) is 7.74. The van der Waals surface area contributed by atoms with E-state index in [1.54, 1.807) is 6.20 Å². The van der Waals surface area contributed by atoms with Crippen LogP contribution in [-0.2, 0) is 4.74 Å². The quantitative estimate of drug-likeness (QED) is 0.915. The lowest BCUT2D eigenvalue weighted by atomic mass is 10.1. The first-order chi connectivity index (χ1) is 9.31. The third-order valence-corrected chi connectivity index (χ3v) is 4.06. The minimum Gasteiger partial charge on any atom is -0.376 e. The fourth-order valence-electron chi connectivity index (χ4n) is 2.99. The molecule has 1 aliphatic heterocycles. The first kappa shape index (κ1) is 11.2. The molecule has 5 nitrogen and oxygen atoms in total. The summed E-state index contributed by atoms with van der Waals surface area (Å²) in [5, 5.41) is 7.99. The van der Waals surface area contributed by atoms with Gasteiger partial charge in [-0.25, -0.2) is 9.50 Å². The number of nitrogens with zero attached hydrogens (tertiary/aromatic N) is 3. The van der Waals surface area contributed by atoms with Gasteiger partial charge >= 0.3 is 0 Å². The average molecular weight is 258 g/mol. The van der Waals surface area contributed by atoms with Crippen molar-refractivity contribution in [1.29, 1.82) is 0 Å². The normalized spacial score (nSPS) is 27.0. The fraction of sp³-hybridized carbons (Fsp3) is 0.571. The second-order valence-corrected chi connectivity index (χ2v) is 5.60. The van der Waals surface area contributed by atoms with Crippen LogP contribution in [0.2, 0.25) is 0 Å². The average Bonchev–Trinajstić information content (AvgIpc) is 3.01. The van der Waals surface area contributed by atoms with Crippen LogP contribution in [0.25, 0.3) is 5.52 Å². The number of rotatable bonds is 3. The van der Waals surface area contributed by atoms with Crippen LogP contribution in [0.5, 0.6) is 0 Å². The van der Waals surface area contributed by atoms with Gasteiger partial charge in [0.2, 0.25) is 0 Å². The van der Waals surface area contributed by atoms with E-state index in [-0.39, 0.29) is 0 Å². The van der Waals surface area contributed by atoms with E-state index in [4.69, 9.17) is 4.74 Å². The summed E-state index contributed by atoms with van der Waals surface area (Å²) in [6, 6.07) is 2.46. The standard InChI is InChI=1S/C14H18N4O/c1-9-8-12-14(15-5-6-18(12)17-9)16-11-4-7-19-13(11)10-2-3-10/h5-6,8,10-11,13H,2-4,7H2,1H3,(H,15,16). The van der Waals surface area contributed by atoms with E-state index in [0.29, 0.717) is 12.1 Å². The van der Waals surface area contributed by atoms with Gasteiger partial charge in [-0.1, -0.05) is 0 Å². The molecule has 2 unspecified atom stereocenters. The van der Waals surface area contributed by atoms with Gasteiger partial charge in [-0.3, -0.25) is 0 Å². The molecule has 3 heterocycles. The van der Waals surface area contributed by atoms with Gasteiger partial charge in [0.1, 0.15) is 5.52 Å². The van der Waals surface area contributed by atoms with Crippen molar-refractivity contribution in [3.8, 4) is 0 Å². The molecule has 0 spiro atoms. The molecule has 19 heavy (non-hydrogen) atoms. The van der Waals surface area contributed by atoms with Gasteiger partial charge in [0.15, 0.2) is 5.82 Å². The minimum atomic E-state index is 0.367. The third kappa shape index (κ3) is 1.98. The first-order valence-corrected chi connectivity index (χ1v) is 7.00. The minimum absolute atomic E-state index is 0.367. The molecule has 4 rings (SSSR count). The Morgan fingerprint density at radius 2 is 2.26 bits per heavy atom. The summed E-state index contributed by atoms with van der Waals surface area (Å²) in [5.74, 6) is 1.68. The van der Waals surface area contributed by atoms with Crippen molar-refractivity contribution in [3.63, 3.8) is 0 Å². The maximum atomic E-state index is 5.87. The second kappa shape index (κ2) is 4.20. The predicted molar refractivity (Wildman–Crippen MR) is 72.2 cm³/mol. The van der Waals surface area contributed by atoms with Gasteiger partial charge in [-0.05, 0) is 38.2 Å². The first-order valence-electron chi connectivity index (χ1n) is 7.00. The van der Waals surface area contributed by atoms with Crippen molar-refractivity contribution >= 4 is 11.3 Å². The molecule has 0 aromatic carbocycles. The SMILES string of the molecule is Cc1cc2c(NC3CCOC3C3CC3)nccn2n1. The fourth-order valence-corrected chi connectivity index (χ4v) is 2.99. The molecule has 1 aliphatic carbocycles. The van der Waals surface area contributed by atoms with E-state index in [2.05, 4.69) is 21.5 Å². The number of ether oxygens (including phenoxy) is 1. The molecule has 1 saturated heterocycles. The van der Waals surface area contributed by atoms with Crippen LogP contribution < -0.4 is 5.32 Å². The van der Waals surface area contributed by atoms with Crippen LogP contribution in [0, 0.1) is 12.8 Å². The summed E-state index contributed by atoms with van der Waals surface area (Å²) in [6.45, 7) is 2.86. The Balaban J connectivity index is 1.63. The van der Waals surface area contributed by atoms with Crippen molar-refractivity contribution in [2.24, 2.45) is 5.92 Å². The van der Waals surface area contributed by atoms with Crippen LogP contribution in [0.15, 0.2) is 18.5 Å². The zero-order valence-electron chi connectivity index (χ0n) is 11.0. The summed E-state index contributed by atoms with van der Waals surface area (Å²) in [4.78, 5) is 4.47. The third-order valence-electron chi connectivity index (χ3n) is 4.06. The van der Waals surface area contributed by atoms with Gasteiger partial charge in [-0.15, -0.1) is 0 Å². The molecule has 0 amide bonds. The summed E-state index contributed by atoms with van der Waals surface area (Å²) >= 11 is 0. The number of fused-ring (bicyclic) bond motifs is 1. The molecule has 2 aromatic heterocycles. The number of nitrogens with one attached hydrogen (secondary N) is 1. The molecule has 2 atom stereocenters. The zero-order valence-corrected chi connectivity index (χ0v) is 11.0. The lowest BCUT2D eigenvalue weighted by Crippen LogP contribution is -2.31. The Labute approximate surface area is 112 Å². The lowest BCUT2D eigenvalue weighted by Gasteiger charge is -2.20. The molecule has 2 aliphatic rings. The number of hydrogen-bond acceptors (Lipinski definition) is 4. The largest absolute Gasteiger partial charge is 0.376 e. The van der Waals surface area contributed by atoms with Crippen LogP contribution in [-0.4, -0.2) is 33.4 Å². The zero-order chi connectivity index (χ0) is 12.8.